The number of hydrogen-bond acceptors (Lipinski definition) is 3. The molecule has 2 N–H and O–H groups in total. The van der Waals surface area contributed by atoms with Gasteiger partial charge in [-0.25, -0.2) is 0 Å². The molecule has 1 aromatic heterocycles. The van der Waals surface area contributed by atoms with Gasteiger partial charge in [-0.3, -0.25) is 9.48 Å². The summed E-state index contributed by atoms with van der Waals surface area (Å²) in [5.41, 5.74) is -0.151. The molecule has 0 radical (unpaired) electrons. The lowest BCUT2D eigenvalue weighted by Gasteiger charge is -2.43. The number of piperidine rings is 1. The van der Waals surface area contributed by atoms with Crippen LogP contribution in [0.2, 0.25) is 0 Å². The number of halogens is 1. The minimum absolute atomic E-state index is 0. The average Bonchev–Trinajstić information content (AvgIpc) is 3.02. The maximum absolute atomic E-state index is 12.9. The van der Waals surface area contributed by atoms with E-state index in [1.165, 1.54) is 19.3 Å². The topological polar surface area (TPSA) is 59.0 Å². The smallest absolute Gasteiger partial charge is 0.248 e. The van der Waals surface area contributed by atoms with E-state index in [4.69, 9.17) is 0 Å². The molecule has 0 bridgehead atoms. The first-order valence-corrected chi connectivity index (χ1v) is 8.20. The summed E-state index contributed by atoms with van der Waals surface area (Å²) in [6.07, 6.45) is 10.3. The largest absolute Gasteiger partial charge is 0.353 e. The lowest BCUT2D eigenvalue weighted by molar-refractivity contribution is -0.133. The summed E-state index contributed by atoms with van der Waals surface area (Å²) in [7, 11) is 0. The van der Waals surface area contributed by atoms with Crippen molar-refractivity contribution in [2.75, 3.05) is 19.6 Å². The Hall–Kier alpha value is -1.07. The Morgan fingerprint density at radius 2 is 2.05 bits per heavy atom. The van der Waals surface area contributed by atoms with Gasteiger partial charge in [0.25, 0.3) is 0 Å². The van der Waals surface area contributed by atoms with Gasteiger partial charge in [-0.05, 0) is 56.7 Å². The average molecular weight is 327 g/mol. The molecule has 2 heterocycles. The molecule has 1 saturated heterocycles. The molecule has 0 spiro atoms. The Labute approximate surface area is 138 Å². The number of nitrogens with one attached hydrogen (secondary N) is 2. The Balaban J connectivity index is 0.00000176. The zero-order chi connectivity index (χ0) is 14.8. The second-order valence-electron chi connectivity index (χ2n) is 6.62. The molecule has 2 aliphatic rings. The minimum Gasteiger partial charge on any atom is -0.353 e. The molecule has 0 unspecified atom stereocenters. The van der Waals surface area contributed by atoms with Crippen molar-refractivity contribution in [2.24, 2.45) is 5.41 Å². The van der Waals surface area contributed by atoms with E-state index < -0.39 is 5.54 Å². The molecule has 1 aromatic rings. The van der Waals surface area contributed by atoms with Crippen molar-refractivity contribution in [3.05, 3.63) is 18.5 Å². The molecule has 5 nitrogen and oxygen atoms in total. The number of hydrogen-bond donors (Lipinski definition) is 2. The molecule has 22 heavy (non-hydrogen) atoms. The zero-order valence-corrected chi connectivity index (χ0v) is 14.1. The monoisotopic (exact) mass is 326 g/mol. The number of carbonyl (C=O) groups excluding carboxylic acids is 1. The first-order valence-electron chi connectivity index (χ1n) is 8.20. The van der Waals surface area contributed by atoms with E-state index >= 15 is 0 Å². The van der Waals surface area contributed by atoms with Crippen LogP contribution in [0.15, 0.2) is 18.5 Å². The fraction of sp³-hybridized carbons (Fsp3) is 0.750. The van der Waals surface area contributed by atoms with Gasteiger partial charge in [-0.1, -0.05) is 13.3 Å². The van der Waals surface area contributed by atoms with Gasteiger partial charge in [-0.15, -0.1) is 12.4 Å². The van der Waals surface area contributed by atoms with E-state index in [-0.39, 0.29) is 18.3 Å². The fourth-order valence-corrected chi connectivity index (χ4v) is 3.69. The van der Waals surface area contributed by atoms with Crippen molar-refractivity contribution in [1.29, 1.82) is 0 Å². The van der Waals surface area contributed by atoms with Gasteiger partial charge in [0.2, 0.25) is 5.91 Å². The van der Waals surface area contributed by atoms with Gasteiger partial charge in [0.1, 0.15) is 5.54 Å². The van der Waals surface area contributed by atoms with Gasteiger partial charge in [-0.2, -0.15) is 5.10 Å². The van der Waals surface area contributed by atoms with Crippen molar-refractivity contribution < 1.29 is 4.79 Å². The number of nitrogens with zero attached hydrogens (tertiary/aromatic N) is 2. The summed E-state index contributed by atoms with van der Waals surface area (Å²) < 4.78 is 1.86. The maximum Gasteiger partial charge on any atom is 0.248 e. The zero-order valence-electron chi connectivity index (χ0n) is 13.3. The van der Waals surface area contributed by atoms with Gasteiger partial charge < -0.3 is 10.6 Å². The third kappa shape index (κ3) is 3.01. The first-order chi connectivity index (χ1) is 10.2. The molecule has 124 valence electrons. The molecule has 1 aliphatic heterocycles. The first kappa shape index (κ1) is 17.3. The van der Waals surface area contributed by atoms with Crippen molar-refractivity contribution in [2.45, 2.75) is 51.0 Å². The van der Waals surface area contributed by atoms with Crippen LogP contribution in [0.3, 0.4) is 0 Å². The summed E-state index contributed by atoms with van der Waals surface area (Å²) >= 11 is 0. The molecule has 6 heteroatoms. The highest BCUT2D eigenvalue weighted by atomic mass is 35.5. The molecule has 3 rings (SSSR count). The van der Waals surface area contributed by atoms with Crippen LogP contribution in [-0.2, 0) is 10.3 Å². The van der Waals surface area contributed by atoms with Gasteiger partial charge in [0, 0.05) is 18.9 Å². The van der Waals surface area contributed by atoms with Crippen LogP contribution in [-0.4, -0.2) is 35.3 Å². The Bertz CT molecular complexity index is 473. The number of aromatic nitrogens is 2. The number of amides is 1. The molecule has 1 amide bonds. The summed E-state index contributed by atoms with van der Waals surface area (Å²) in [4.78, 5) is 12.9. The SMILES string of the molecule is CCC1(CNC(=O)C2(n3cccn3)CCNCC2)CCC1.Cl. The van der Waals surface area contributed by atoms with Crippen molar-refractivity contribution in [3.8, 4) is 0 Å². The highest BCUT2D eigenvalue weighted by Gasteiger charge is 2.43. The van der Waals surface area contributed by atoms with Crippen molar-refractivity contribution >= 4 is 18.3 Å². The van der Waals surface area contributed by atoms with Gasteiger partial charge in [0.05, 0.1) is 0 Å². The van der Waals surface area contributed by atoms with Crippen LogP contribution in [0.25, 0.3) is 0 Å². The molecule has 1 saturated carbocycles. The van der Waals surface area contributed by atoms with E-state index in [1.807, 2.05) is 16.9 Å². The van der Waals surface area contributed by atoms with E-state index in [1.54, 1.807) is 6.20 Å². The third-order valence-corrected chi connectivity index (χ3v) is 5.58. The van der Waals surface area contributed by atoms with Crippen LogP contribution in [0.5, 0.6) is 0 Å². The normalized spacial score (nSPS) is 22.2. The summed E-state index contributed by atoms with van der Waals surface area (Å²) in [5, 5.41) is 10.9. The second kappa shape index (κ2) is 7.01. The molecule has 2 fully saturated rings. The Morgan fingerprint density at radius 1 is 1.32 bits per heavy atom. The molecule has 1 aliphatic carbocycles. The molecular weight excluding hydrogens is 300 g/mol. The Kier molecular flexibility index (Phi) is 5.50. The van der Waals surface area contributed by atoms with E-state index in [2.05, 4.69) is 22.7 Å². The second-order valence-corrected chi connectivity index (χ2v) is 6.62. The molecule has 0 aromatic carbocycles. The highest BCUT2D eigenvalue weighted by molar-refractivity contribution is 5.85. The fourth-order valence-electron chi connectivity index (χ4n) is 3.69. The summed E-state index contributed by atoms with van der Waals surface area (Å²) in [5.74, 6) is 0.146. The van der Waals surface area contributed by atoms with E-state index in [9.17, 15) is 4.79 Å². The standard InChI is InChI=1S/C16H26N4O.ClH/c1-2-15(5-3-6-15)13-18-14(21)16(7-10-17-11-8-16)20-12-4-9-19-20;/h4,9,12,17H,2-3,5-8,10-11,13H2,1H3,(H,18,21);1H. The molecule has 0 atom stereocenters. The van der Waals surface area contributed by atoms with Crippen LogP contribution in [0.1, 0.15) is 45.4 Å². The van der Waals surface area contributed by atoms with Crippen molar-refractivity contribution in [3.63, 3.8) is 0 Å². The summed E-state index contributed by atoms with van der Waals surface area (Å²) in [6, 6.07) is 1.90. The quantitative estimate of drug-likeness (QED) is 0.871. The van der Waals surface area contributed by atoms with Gasteiger partial charge in [0.15, 0.2) is 0 Å². The predicted molar refractivity (Wildman–Crippen MR) is 89.1 cm³/mol. The van der Waals surface area contributed by atoms with E-state index in [0.29, 0.717) is 5.41 Å². The molecular formula is C16H27ClN4O. The number of rotatable bonds is 5. The number of carbonyl (C=O) groups is 1. The van der Waals surface area contributed by atoms with Crippen molar-refractivity contribution in [1.82, 2.24) is 20.4 Å². The lowest BCUT2D eigenvalue weighted by atomic mass is 9.67. The predicted octanol–water partition coefficient (Wildman–Crippen LogP) is 2.08. The minimum atomic E-state index is -0.507. The van der Waals surface area contributed by atoms with Crippen LogP contribution >= 0.6 is 12.4 Å². The van der Waals surface area contributed by atoms with Crippen LogP contribution in [0.4, 0.5) is 0 Å². The summed E-state index contributed by atoms with van der Waals surface area (Å²) in [6.45, 7) is 4.79. The van der Waals surface area contributed by atoms with Gasteiger partial charge >= 0.3 is 0 Å². The lowest BCUT2D eigenvalue weighted by Crippen LogP contribution is -2.56. The maximum atomic E-state index is 12.9. The van der Waals surface area contributed by atoms with E-state index in [0.717, 1.165) is 38.9 Å². The highest BCUT2D eigenvalue weighted by Crippen LogP contribution is 2.43. The van der Waals surface area contributed by atoms with Crippen LogP contribution < -0.4 is 10.6 Å². The van der Waals surface area contributed by atoms with Crippen LogP contribution in [0, 0.1) is 5.41 Å². The Morgan fingerprint density at radius 3 is 2.55 bits per heavy atom. The third-order valence-electron chi connectivity index (χ3n) is 5.58.